The predicted octanol–water partition coefficient (Wildman–Crippen LogP) is 3.98. The molecule has 1 saturated carbocycles. The minimum absolute atomic E-state index is 0.223. The molecule has 1 heterocycles. The number of alkyl halides is 3. The van der Waals surface area contributed by atoms with E-state index in [0.29, 0.717) is 17.3 Å². The zero-order valence-corrected chi connectivity index (χ0v) is 15.0. The Bertz CT molecular complexity index is 957. The Hall–Kier alpha value is -1.74. The number of carbonyl (C=O) groups excluding carboxylic acids is 1. The third-order valence-electron chi connectivity index (χ3n) is 4.02. The Kier molecular flexibility index (Phi) is 4.27. The van der Waals surface area contributed by atoms with Crippen molar-refractivity contribution in [2.24, 2.45) is 0 Å². The van der Waals surface area contributed by atoms with Crippen molar-refractivity contribution in [2.45, 2.75) is 36.8 Å². The van der Waals surface area contributed by atoms with Gasteiger partial charge in [0.2, 0.25) is 0 Å². The highest BCUT2D eigenvalue weighted by molar-refractivity contribution is 7.90. The van der Waals surface area contributed by atoms with Crippen molar-refractivity contribution in [1.29, 1.82) is 0 Å². The Balaban J connectivity index is 2.17. The molecule has 4 nitrogen and oxygen atoms in total. The monoisotopic (exact) mass is 389 g/mol. The number of nitrogens with zero attached hydrogens (tertiary/aromatic N) is 1. The first-order valence-corrected chi connectivity index (χ1v) is 10.1. The fraction of sp³-hybridized carbons (Fsp3) is 0.375. The van der Waals surface area contributed by atoms with Gasteiger partial charge in [0.25, 0.3) is 0 Å². The van der Waals surface area contributed by atoms with Gasteiger partial charge in [0.15, 0.2) is 15.6 Å². The third-order valence-corrected chi connectivity index (χ3v) is 6.25. The number of benzene rings is 1. The summed E-state index contributed by atoms with van der Waals surface area (Å²) in [4.78, 5) is 13.1. The summed E-state index contributed by atoms with van der Waals surface area (Å²) in [6.45, 7) is 1.64. The highest BCUT2D eigenvalue weighted by Gasteiger charge is 2.36. The fourth-order valence-electron chi connectivity index (χ4n) is 2.62. The first-order valence-electron chi connectivity index (χ1n) is 7.42. The zero-order valence-electron chi connectivity index (χ0n) is 13.3. The van der Waals surface area contributed by atoms with Crippen LogP contribution < -0.4 is 0 Å². The van der Waals surface area contributed by atoms with E-state index in [4.69, 9.17) is 0 Å². The summed E-state index contributed by atoms with van der Waals surface area (Å²) in [5.41, 5.74) is -0.568. The second-order valence-electron chi connectivity index (χ2n) is 6.09. The molecule has 0 saturated heterocycles. The van der Waals surface area contributed by atoms with Crippen LogP contribution in [0.2, 0.25) is 0 Å². The molecule has 2 aromatic rings. The van der Waals surface area contributed by atoms with Crippen LogP contribution in [0.15, 0.2) is 23.1 Å². The quantitative estimate of drug-likeness (QED) is 0.742. The zero-order chi connectivity index (χ0) is 18.6. The van der Waals surface area contributed by atoms with E-state index in [-0.39, 0.29) is 11.5 Å². The second-order valence-corrected chi connectivity index (χ2v) is 8.88. The number of hydrogen-bond donors (Lipinski definition) is 0. The molecular weight excluding hydrogens is 375 g/mol. The number of hydrogen-bond acceptors (Lipinski definition) is 5. The molecule has 0 spiro atoms. The van der Waals surface area contributed by atoms with Gasteiger partial charge < -0.3 is 0 Å². The van der Waals surface area contributed by atoms with Crippen molar-refractivity contribution in [3.63, 3.8) is 0 Å². The van der Waals surface area contributed by atoms with Crippen LogP contribution in [0, 0.1) is 6.92 Å². The van der Waals surface area contributed by atoms with E-state index < -0.39 is 32.3 Å². The number of halogens is 3. The van der Waals surface area contributed by atoms with E-state index >= 15 is 0 Å². The Labute approximate surface area is 146 Å². The summed E-state index contributed by atoms with van der Waals surface area (Å²) in [6.07, 6.45) is -2.05. The van der Waals surface area contributed by atoms with Crippen molar-refractivity contribution in [1.82, 2.24) is 4.37 Å². The predicted molar refractivity (Wildman–Crippen MR) is 86.8 cm³/mol. The molecule has 1 aliphatic carbocycles. The maximum atomic E-state index is 12.9. The van der Waals surface area contributed by atoms with Crippen LogP contribution in [-0.4, -0.2) is 24.8 Å². The van der Waals surface area contributed by atoms with E-state index in [2.05, 4.69) is 4.37 Å². The molecular formula is C16H14F3NO3S2. The van der Waals surface area contributed by atoms with E-state index in [1.165, 1.54) is 11.5 Å². The maximum absolute atomic E-state index is 12.9. The minimum atomic E-state index is -4.69. The SMILES string of the molecule is Cc1nsc(C2CC2)c1C(=O)c1ccc(C(F)(F)F)cc1S(C)(=O)=O. The van der Waals surface area contributed by atoms with Gasteiger partial charge in [0.1, 0.15) is 0 Å². The van der Waals surface area contributed by atoms with Crippen LogP contribution in [-0.2, 0) is 16.0 Å². The lowest BCUT2D eigenvalue weighted by Gasteiger charge is -2.12. The fourth-order valence-corrected chi connectivity index (χ4v) is 4.56. The third kappa shape index (κ3) is 3.48. The molecule has 0 radical (unpaired) electrons. The normalized spacial score (nSPS) is 15.4. The second kappa shape index (κ2) is 5.91. The maximum Gasteiger partial charge on any atom is 0.416 e. The summed E-state index contributed by atoms with van der Waals surface area (Å²) in [6, 6.07) is 2.19. The smallest absolute Gasteiger partial charge is 0.288 e. The van der Waals surface area contributed by atoms with Crippen molar-refractivity contribution in [3.8, 4) is 0 Å². The van der Waals surface area contributed by atoms with Crippen molar-refractivity contribution in [3.05, 3.63) is 45.5 Å². The molecule has 0 unspecified atom stereocenters. The summed E-state index contributed by atoms with van der Waals surface area (Å²) >= 11 is 1.19. The molecule has 1 aliphatic rings. The van der Waals surface area contributed by atoms with E-state index in [9.17, 15) is 26.4 Å². The minimum Gasteiger partial charge on any atom is -0.288 e. The number of rotatable bonds is 4. The van der Waals surface area contributed by atoms with Crippen molar-refractivity contribution in [2.75, 3.05) is 6.26 Å². The van der Waals surface area contributed by atoms with Gasteiger partial charge in [-0.1, -0.05) is 0 Å². The summed E-state index contributed by atoms with van der Waals surface area (Å²) in [5.74, 6) is -0.372. The molecule has 134 valence electrons. The lowest BCUT2D eigenvalue weighted by Crippen LogP contribution is -2.14. The van der Waals surface area contributed by atoms with Gasteiger partial charge in [-0.25, -0.2) is 8.42 Å². The van der Waals surface area contributed by atoms with Crippen LogP contribution in [0.1, 0.15) is 50.8 Å². The van der Waals surface area contributed by atoms with Gasteiger partial charge in [0.05, 0.1) is 21.7 Å². The van der Waals surface area contributed by atoms with E-state index in [1.807, 2.05) is 0 Å². The molecule has 0 bridgehead atoms. The van der Waals surface area contributed by atoms with Crippen LogP contribution in [0.4, 0.5) is 13.2 Å². The Morgan fingerprint density at radius 2 is 1.92 bits per heavy atom. The van der Waals surface area contributed by atoms with E-state index in [0.717, 1.165) is 36.1 Å². The van der Waals surface area contributed by atoms with Crippen LogP contribution in [0.25, 0.3) is 0 Å². The molecule has 1 aromatic carbocycles. The van der Waals surface area contributed by atoms with Gasteiger partial charge in [-0.2, -0.15) is 17.5 Å². The number of aryl methyl sites for hydroxylation is 1. The first kappa shape index (κ1) is 18.1. The van der Waals surface area contributed by atoms with Crippen LogP contribution >= 0.6 is 11.5 Å². The summed E-state index contributed by atoms with van der Waals surface area (Å²) in [5, 5.41) is 0. The molecule has 1 fully saturated rings. The standard InChI is InChI=1S/C16H14F3NO3S2/c1-8-13(15(24-20-8)9-3-4-9)14(21)11-6-5-10(16(17,18)19)7-12(11)25(2,22)23/h5-7,9H,3-4H2,1-2H3. The summed E-state index contributed by atoms with van der Waals surface area (Å²) in [7, 11) is -4.02. The average Bonchev–Trinajstić information content (AvgIpc) is 3.27. The lowest BCUT2D eigenvalue weighted by molar-refractivity contribution is -0.137. The van der Waals surface area contributed by atoms with Gasteiger partial charge in [0, 0.05) is 16.7 Å². The first-order chi connectivity index (χ1) is 11.5. The number of carbonyl (C=O) groups is 1. The van der Waals surface area contributed by atoms with Crippen LogP contribution in [0.5, 0.6) is 0 Å². The average molecular weight is 389 g/mol. The number of sulfone groups is 1. The Morgan fingerprint density at radius 3 is 2.44 bits per heavy atom. The molecule has 0 amide bonds. The molecule has 1 aromatic heterocycles. The van der Waals surface area contributed by atoms with Crippen molar-refractivity contribution >= 4 is 27.2 Å². The number of ketones is 1. The van der Waals surface area contributed by atoms with Gasteiger partial charge in [-0.15, -0.1) is 0 Å². The molecule has 3 rings (SSSR count). The largest absolute Gasteiger partial charge is 0.416 e. The molecule has 25 heavy (non-hydrogen) atoms. The number of aromatic nitrogens is 1. The summed E-state index contributed by atoms with van der Waals surface area (Å²) < 4.78 is 66.9. The topological polar surface area (TPSA) is 64.1 Å². The molecule has 0 aliphatic heterocycles. The van der Waals surface area contributed by atoms with Gasteiger partial charge in [-0.05, 0) is 55.4 Å². The van der Waals surface area contributed by atoms with Crippen molar-refractivity contribution < 1.29 is 26.4 Å². The molecule has 0 atom stereocenters. The lowest BCUT2D eigenvalue weighted by atomic mass is 9.99. The Morgan fingerprint density at radius 1 is 1.28 bits per heavy atom. The highest BCUT2D eigenvalue weighted by Crippen LogP contribution is 2.45. The van der Waals surface area contributed by atoms with Gasteiger partial charge in [-0.3, -0.25) is 4.79 Å². The molecule has 0 N–H and O–H groups in total. The van der Waals surface area contributed by atoms with Gasteiger partial charge >= 0.3 is 6.18 Å². The molecule has 9 heteroatoms. The van der Waals surface area contributed by atoms with E-state index in [1.54, 1.807) is 6.92 Å². The van der Waals surface area contributed by atoms with Crippen LogP contribution in [0.3, 0.4) is 0 Å². The highest BCUT2D eigenvalue weighted by atomic mass is 32.2.